The first kappa shape index (κ1) is 14.7. The Kier molecular flexibility index (Phi) is 3.88. The monoisotopic (exact) mass is 294 g/mol. The molecule has 0 amide bonds. The Morgan fingerprint density at radius 2 is 1.39 bits per heavy atom. The van der Waals surface area contributed by atoms with Gasteiger partial charge in [0, 0.05) is 5.56 Å². The molecule has 0 atom stereocenters. The molecule has 0 aliphatic rings. The van der Waals surface area contributed by atoms with Crippen molar-refractivity contribution in [3.63, 3.8) is 0 Å². The van der Waals surface area contributed by atoms with Crippen LogP contribution in [0.2, 0.25) is 0 Å². The third-order valence-corrected chi connectivity index (χ3v) is 3.57. The van der Waals surface area contributed by atoms with Crippen LogP contribution in [-0.2, 0) is 20.2 Å². The minimum Gasteiger partial charge on any atom is -0.320 e. The van der Waals surface area contributed by atoms with Crippen molar-refractivity contribution in [2.75, 3.05) is 0 Å². The van der Waals surface area contributed by atoms with Gasteiger partial charge in [0.15, 0.2) is 5.78 Å². The van der Waals surface area contributed by atoms with Gasteiger partial charge >= 0.3 is 0 Å². The predicted molar refractivity (Wildman–Crippen MR) is 58.9 cm³/mol. The van der Waals surface area contributed by atoms with E-state index in [4.69, 9.17) is 14.8 Å². The molecule has 1 aromatic rings. The van der Waals surface area contributed by atoms with E-state index in [1.165, 1.54) is 0 Å². The lowest BCUT2D eigenvalue weighted by Crippen LogP contribution is -2.11. The fourth-order valence-electron chi connectivity index (χ4n) is 1.11. The summed E-state index contributed by atoms with van der Waals surface area (Å²) in [5, 5.41) is 0. The van der Waals surface area contributed by atoms with E-state index in [0.717, 1.165) is 12.1 Å². The zero-order valence-electron chi connectivity index (χ0n) is 8.64. The fourth-order valence-corrected chi connectivity index (χ4v) is 2.29. The first-order valence-corrected chi connectivity index (χ1v) is 7.13. The molecule has 0 spiro atoms. The third-order valence-electron chi connectivity index (χ3n) is 1.91. The first-order chi connectivity index (χ1) is 8.05. The normalized spacial score (nSPS) is 12.4. The van der Waals surface area contributed by atoms with Gasteiger partial charge in [-0.1, -0.05) is 0 Å². The zero-order chi connectivity index (χ0) is 14.1. The summed E-state index contributed by atoms with van der Waals surface area (Å²) in [6.45, 7) is 0.580. The van der Waals surface area contributed by atoms with Crippen molar-refractivity contribution in [3.05, 3.63) is 30.3 Å². The molecule has 0 bridgehead atoms. The van der Waals surface area contributed by atoms with E-state index in [2.05, 4.69) is 0 Å². The average molecular weight is 294 g/mol. The number of hydrogen-bond donors (Lipinski definition) is 3. The molecule has 0 aliphatic heterocycles. The maximum atomic E-state index is 11.2. The molecule has 99 valence electrons. The van der Waals surface area contributed by atoms with Crippen LogP contribution in [-0.4, -0.2) is 31.7 Å². The van der Waals surface area contributed by atoms with E-state index in [9.17, 15) is 21.6 Å². The van der Waals surface area contributed by atoms with Crippen molar-refractivity contribution in [2.24, 2.45) is 5.73 Å². The molecule has 18 heavy (non-hydrogen) atoms. The Morgan fingerprint density at radius 1 is 1.00 bits per heavy atom. The Labute approximate surface area is 103 Å². The quantitative estimate of drug-likeness (QED) is 0.495. The van der Waals surface area contributed by atoms with Crippen LogP contribution in [0.4, 0.5) is 0 Å². The second kappa shape index (κ2) is 4.74. The summed E-state index contributed by atoms with van der Waals surface area (Å²) in [5.41, 5.74) is 4.52. The molecule has 0 unspecified atom stereocenters. The highest BCUT2D eigenvalue weighted by atomic mass is 32.2. The lowest BCUT2D eigenvalue weighted by molar-refractivity contribution is 0.102. The van der Waals surface area contributed by atoms with Crippen LogP contribution >= 0.6 is 0 Å². The van der Waals surface area contributed by atoms with Crippen LogP contribution in [0.15, 0.2) is 28.0 Å². The number of nitrogens with two attached hydrogens (primary N) is 1. The number of benzene rings is 1. The third kappa shape index (κ3) is 3.34. The van der Waals surface area contributed by atoms with Crippen molar-refractivity contribution in [3.8, 4) is 0 Å². The van der Waals surface area contributed by atoms with Gasteiger partial charge in [-0.25, -0.2) is 0 Å². The summed E-state index contributed by atoms with van der Waals surface area (Å²) in [7, 11) is -9.46. The minimum absolute atomic E-state index is 0.403. The Bertz CT molecular complexity index is 640. The Hall–Kier alpha value is -1.33. The van der Waals surface area contributed by atoms with Gasteiger partial charge in [-0.05, 0) is 18.2 Å². The van der Waals surface area contributed by atoms with Crippen molar-refractivity contribution < 1.29 is 30.7 Å². The topological polar surface area (TPSA) is 152 Å². The molecule has 1 rings (SSSR count). The first-order valence-electron chi connectivity index (χ1n) is 4.25. The molecule has 0 heterocycles. The lowest BCUT2D eigenvalue weighted by atomic mass is 10.1. The zero-order valence-corrected chi connectivity index (χ0v) is 10.3. The van der Waals surface area contributed by atoms with Gasteiger partial charge in [0.25, 0.3) is 20.2 Å². The smallest absolute Gasteiger partial charge is 0.294 e. The molecule has 1 aromatic carbocycles. The van der Waals surface area contributed by atoms with E-state index in [0.29, 0.717) is 12.6 Å². The lowest BCUT2D eigenvalue weighted by Gasteiger charge is -2.04. The second-order valence-electron chi connectivity index (χ2n) is 3.17. The van der Waals surface area contributed by atoms with E-state index in [-0.39, 0.29) is 0 Å². The van der Waals surface area contributed by atoms with Crippen molar-refractivity contribution >= 4 is 26.0 Å². The van der Waals surface area contributed by atoms with Crippen LogP contribution in [0.25, 0.3) is 0 Å². The van der Waals surface area contributed by atoms with Crippen LogP contribution < -0.4 is 5.73 Å². The molecule has 0 saturated carbocycles. The molecular weight excluding hydrogens is 286 g/mol. The van der Waals surface area contributed by atoms with Crippen LogP contribution in [0, 0.1) is 6.54 Å². The number of ketones is 1. The molecule has 0 aromatic heterocycles. The number of rotatable bonds is 4. The molecule has 8 nitrogen and oxygen atoms in total. The average Bonchev–Trinajstić information content (AvgIpc) is 2.25. The maximum absolute atomic E-state index is 11.2. The van der Waals surface area contributed by atoms with Gasteiger partial charge in [0.05, 0.1) is 16.3 Å². The maximum Gasteiger partial charge on any atom is 0.294 e. The summed E-state index contributed by atoms with van der Waals surface area (Å²) in [4.78, 5) is 9.55. The highest BCUT2D eigenvalue weighted by Crippen LogP contribution is 2.19. The summed E-state index contributed by atoms with van der Waals surface area (Å²) < 4.78 is 61.2. The number of carbonyl (C=O) groups excluding carboxylic acids is 1. The number of hydrogen-bond acceptors (Lipinski definition) is 6. The van der Waals surface area contributed by atoms with Gasteiger partial charge in [0.2, 0.25) is 0 Å². The Morgan fingerprint density at radius 3 is 1.67 bits per heavy atom. The predicted octanol–water partition coefficient (Wildman–Crippen LogP) is -0.517. The summed E-state index contributed by atoms with van der Waals surface area (Å²) >= 11 is 0. The number of carbonyl (C=O) groups is 1. The summed E-state index contributed by atoms with van der Waals surface area (Å²) in [6, 6.07) is 1.98. The summed E-state index contributed by atoms with van der Waals surface area (Å²) in [5.74, 6) is -0.870. The second-order valence-corrected chi connectivity index (χ2v) is 6.02. The van der Waals surface area contributed by atoms with Crippen LogP contribution in [0.3, 0.4) is 0 Å². The van der Waals surface area contributed by atoms with Crippen molar-refractivity contribution in [1.82, 2.24) is 0 Å². The SMILES string of the molecule is N[CH]C(=O)c1cc(S(=O)(=O)O)cc(S(=O)(=O)O)c1. The molecule has 4 N–H and O–H groups in total. The van der Waals surface area contributed by atoms with E-state index < -0.39 is 41.4 Å². The van der Waals surface area contributed by atoms with Gasteiger partial charge in [-0.15, -0.1) is 0 Å². The van der Waals surface area contributed by atoms with Gasteiger partial charge in [-0.3, -0.25) is 13.9 Å². The van der Waals surface area contributed by atoms with Gasteiger partial charge in [0.1, 0.15) is 0 Å². The molecule has 0 aliphatic carbocycles. The van der Waals surface area contributed by atoms with Crippen molar-refractivity contribution in [1.29, 1.82) is 0 Å². The van der Waals surface area contributed by atoms with Gasteiger partial charge in [-0.2, -0.15) is 16.8 Å². The Balaban J connectivity index is 3.64. The largest absolute Gasteiger partial charge is 0.320 e. The fraction of sp³-hybridized carbons (Fsp3) is 0. The highest BCUT2D eigenvalue weighted by molar-refractivity contribution is 7.86. The standard InChI is InChI=1S/C8H8NO7S2/c9-4-8(10)5-1-6(17(11,12)13)3-7(2-5)18(14,15)16/h1-4H,9H2,(H,11,12,13)(H,14,15,16). The molecular formula is C8H8NO7S2. The molecule has 0 saturated heterocycles. The minimum atomic E-state index is -4.73. The molecule has 10 heteroatoms. The van der Waals surface area contributed by atoms with E-state index in [1.807, 2.05) is 0 Å². The van der Waals surface area contributed by atoms with E-state index in [1.54, 1.807) is 0 Å². The van der Waals surface area contributed by atoms with Crippen molar-refractivity contribution in [2.45, 2.75) is 9.79 Å². The van der Waals surface area contributed by atoms with E-state index >= 15 is 0 Å². The van der Waals surface area contributed by atoms with Crippen LogP contribution in [0.5, 0.6) is 0 Å². The summed E-state index contributed by atoms with van der Waals surface area (Å²) in [6.07, 6.45) is 0. The van der Waals surface area contributed by atoms with Gasteiger partial charge < -0.3 is 5.73 Å². The molecule has 1 radical (unpaired) electrons. The number of Topliss-reactive ketones (excluding diaryl/α,β-unsaturated/α-hetero) is 1. The molecule has 0 fully saturated rings. The highest BCUT2D eigenvalue weighted by Gasteiger charge is 2.20. The van der Waals surface area contributed by atoms with Crippen LogP contribution in [0.1, 0.15) is 10.4 Å².